The number of amides is 1. The number of methoxy groups -OCH3 is 1. The Morgan fingerprint density at radius 1 is 0.943 bits per heavy atom. The van der Waals surface area contributed by atoms with Gasteiger partial charge in [0.25, 0.3) is 5.91 Å². The fourth-order valence-corrected chi connectivity index (χ4v) is 3.67. The number of aryl methyl sites for hydroxylation is 1. The zero-order chi connectivity index (χ0) is 25.0. The smallest absolute Gasteiger partial charge is 0.497 e. The molecule has 11 heteroatoms. The van der Waals surface area contributed by atoms with Crippen LogP contribution in [0, 0.1) is 6.92 Å². The van der Waals surface area contributed by atoms with Crippen LogP contribution in [0.3, 0.4) is 0 Å². The van der Waals surface area contributed by atoms with Crippen LogP contribution in [0.25, 0.3) is 0 Å². The Kier molecular flexibility index (Phi) is 6.94. The number of piperazine rings is 1. The number of carbonyl (C=O) groups excluding carboxylic acids is 1. The Hall–Kier alpha value is -4.02. The number of hydrogen-bond donors (Lipinski definition) is 1. The van der Waals surface area contributed by atoms with Gasteiger partial charge in [-0.15, -0.1) is 13.2 Å². The molecule has 0 saturated carbocycles. The third-order valence-electron chi connectivity index (χ3n) is 5.39. The number of rotatable bonds is 6. The molecule has 1 N–H and O–H groups in total. The fraction of sp³-hybridized carbons (Fsp3) is 0.292. The van der Waals surface area contributed by atoms with Crippen molar-refractivity contribution in [2.24, 2.45) is 0 Å². The lowest BCUT2D eigenvalue weighted by Crippen LogP contribution is -2.49. The van der Waals surface area contributed by atoms with Crippen LogP contribution in [0.2, 0.25) is 0 Å². The zero-order valence-corrected chi connectivity index (χ0v) is 19.2. The van der Waals surface area contributed by atoms with E-state index in [2.05, 4.69) is 20.0 Å². The van der Waals surface area contributed by atoms with Crippen LogP contribution in [0.4, 0.5) is 30.6 Å². The summed E-state index contributed by atoms with van der Waals surface area (Å²) in [6, 6.07) is 14.3. The van der Waals surface area contributed by atoms with Gasteiger partial charge in [0.2, 0.25) is 5.95 Å². The minimum absolute atomic E-state index is 0.254. The maximum absolute atomic E-state index is 12.8. The van der Waals surface area contributed by atoms with E-state index in [1.165, 1.54) is 12.1 Å². The number of aromatic nitrogens is 2. The Labute approximate surface area is 200 Å². The summed E-state index contributed by atoms with van der Waals surface area (Å²) < 4.78 is 46.0. The Morgan fingerprint density at radius 3 is 2.17 bits per heavy atom. The minimum Gasteiger partial charge on any atom is -0.497 e. The van der Waals surface area contributed by atoms with E-state index in [9.17, 15) is 18.0 Å². The highest BCUT2D eigenvalue weighted by Gasteiger charge is 2.31. The second kappa shape index (κ2) is 10.1. The van der Waals surface area contributed by atoms with Crippen molar-refractivity contribution in [2.75, 3.05) is 43.5 Å². The highest BCUT2D eigenvalue weighted by Crippen LogP contribution is 2.24. The van der Waals surface area contributed by atoms with Crippen molar-refractivity contribution in [3.8, 4) is 11.5 Å². The van der Waals surface area contributed by atoms with E-state index in [-0.39, 0.29) is 11.7 Å². The van der Waals surface area contributed by atoms with Crippen LogP contribution >= 0.6 is 0 Å². The number of ether oxygens (including phenoxy) is 2. The van der Waals surface area contributed by atoms with Gasteiger partial charge in [0, 0.05) is 49.2 Å². The van der Waals surface area contributed by atoms with Crippen molar-refractivity contribution in [3.05, 3.63) is 65.9 Å². The number of alkyl halides is 3. The van der Waals surface area contributed by atoms with Gasteiger partial charge in [0.1, 0.15) is 17.3 Å². The van der Waals surface area contributed by atoms with Crippen molar-refractivity contribution in [3.63, 3.8) is 0 Å². The summed E-state index contributed by atoms with van der Waals surface area (Å²) in [5, 5.41) is 3.26. The van der Waals surface area contributed by atoms with Crippen LogP contribution in [0.5, 0.6) is 11.5 Å². The zero-order valence-electron chi connectivity index (χ0n) is 19.2. The third kappa shape index (κ3) is 6.31. The van der Waals surface area contributed by atoms with Gasteiger partial charge >= 0.3 is 6.36 Å². The van der Waals surface area contributed by atoms with Crippen LogP contribution < -0.4 is 19.7 Å². The lowest BCUT2D eigenvalue weighted by Gasteiger charge is -2.35. The normalized spacial score (nSPS) is 14.0. The maximum atomic E-state index is 12.8. The van der Waals surface area contributed by atoms with Gasteiger partial charge in [0.15, 0.2) is 0 Å². The van der Waals surface area contributed by atoms with Crippen molar-refractivity contribution in [1.82, 2.24) is 14.9 Å². The molecule has 184 valence electrons. The maximum Gasteiger partial charge on any atom is 0.573 e. The molecule has 1 fully saturated rings. The average molecular weight is 487 g/mol. The average Bonchev–Trinajstić information content (AvgIpc) is 2.83. The summed E-state index contributed by atoms with van der Waals surface area (Å²) in [6.07, 6.45) is -4.77. The minimum atomic E-state index is -4.77. The number of anilines is 3. The largest absolute Gasteiger partial charge is 0.573 e. The molecule has 2 aromatic carbocycles. The van der Waals surface area contributed by atoms with Crippen molar-refractivity contribution >= 4 is 23.4 Å². The molecule has 1 amide bonds. The van der Waals surface area contributed by atoms with Crippen LogP contribution in [0.15, 0.2) is 54.6 Å². The fourth-order valence-electron chi connectivity index (χ4n) is 3.67. The molecule has 0 aliphatic carbocycles. The number of nitrogens with zero attached hydrogens (tertiary/aromatic N) is 4. The highest BCUT2D eigenvalue weighted by atomic mass is 19.4. The summed E-state index contributed by atoms with van der Waals surface area (Å²) in [6.45, 7) is 3.78. The van der Waals surface area contributed by atoms with Gasteiger partial charge in [-0.05, 0) is 55.5 Å². The van der Waals surface area contributed by atoms with Gasteiger partial charge in [-0.1, -0.05) is 0 Å². The molecule has 2 heterocycles. The molecule has 0 unspecified atom stereocenters. The predicted octanol–water partition coefficient (Wildman–Crippen LogP) is 4.40. The number of halogens is 3. The van der Waals surface area contributed by atoms with Gasteiger partial charge in [-0.25, -0.2) is 4.98 Å². The number of benzene rings is 2. The lowest BCUT2D eigenvalue weighted by molar-refractivity contribution is -0.274. The SMILES string of the molecule is COc1ccc(Nc2cc(C)nc(N3CCN(C(=O)c4ccc(OC(F)(F)F)cc4)CC3)n2)cc1. The van der Waals surface area contributed by atoms with Gasteiger partial charge in [0.05, 0.1) is 7.11 Å². The van der Waals surface area contributed by atoms with Crippen LogP contribution in [-0.2, 0) is 0 Å². The monoisotopic (exact) mass is 487 g/mol. The number of hydrogen-bond acceptors (Lipinski definition) is 7. The molecule has 35 heavy (non-hydrogen) atoms. The molecule has 1 aliphatic rings. The molecular weight excluding hydrogens is 463 g/mol. The van der Waals surface area contributed by atoms with E-state index in [4.69, 9.17) is 4.74 Å². The highest BCUT2D eigenvalue weighted by molar-refractivity contribution is 5.94. The molecule has 0 atom stereocenters. The first-order valence-corrected chi connectivity index (χ1v) is 10.9. The second-order valence-corrected chi connectivity index (χ2v) is 7.90. The van der Waals surface area contributed by atoms with E-state index in [0.717, 1.165) is 29.3 Å². The van der Waals surface area contributed by atoms with Crippen molar-refractivity contribution in [2.45, 2.75) is 13.3 Å². The quantitative estimate of drug-likeness (QED) is 0.552. The molecule has 4 rings (SSSR count). The third-order valence-corrected chi connectivity index (χ3v) is 5.39. The van der Waals surface area contributed by atoms with Crippen molar-refractivity contribution in [1.29, 1.82) is 0 Å². The summed E-state index contributed by atoms with van der Waals surface area (Å²) in [7, 11) is 1.61. The van der Waals surface area contributed by atoms with Crippen LogP contribution in [0.1, 0.15) is 16.1 Å². The van der Waals surface area contributed by atoms with Crippen LogP contribution in [-0.4, -0.2) is 60.4 Å². The number of nitrogens with one attached hydrogen (secondary N) is 1. The number of carbonyl (C=O) groups is 1. The molecule has 3 aromatic rings. The second-order valence-electron chi connectivity index (χ2n) is 7.90. The van der Waals surface area contributed by atoms with Gasteiger partial charge < -0.3 is 24.6 Å². The van der Waals surface area contributed by atoms with E-state index in [0.29, 0.717) is 43.5 Å². The summed E-state index contributed by atoms with van der Waals surface area (Å²) in [5.41, 5.74) is 1.95. The first kappa shape index (κ1) is 24.1. The Morgan fingerprint density at radius 2 is 1.57 bits per heavy atom. The topological polar surface area (TPSA) is 79.8 Å². The Bertz CT molecular complexity index is 1160. The predicted molar refractivity (Wildman–Crippen MR) is 124 cm³/mol. The molecule has 1 saturated heterocycles. The summed E-state index contributed by atoms with van der Waals surface area (Å²) in [5.74, 6) is 1.34. The summed E-state index contributed by atoms with van der Waals surface area (Å²) in [4.78, 5) is 25.6. The van der Waals surface area contributed by atoms with E-state index in [1.54, 1.807) is 12.0 Å². The molecule has 1 aliphatic heterocycles. The van der Waals surface area contributed by atoms with Crippen molar-refractivity contribution < 1.29 is 27.4 Å². The molecular formula is C24H24F3N5O3. The van der Waals surface area contributed by atoms with Gasteiger partial charge in [-0.2, -0.15) is 4.98 Å². The first-order chi connectivity index (χ1) is 16.7. The molecule has 0 spiro atoms. The van der Waals surface area contributed by atoms with E-state index < -0.39 is 6.36 Å². The molecule has 8 nitrogen and oxygen atoms in total. The van der Waals surface area contributed by atoms with Gasteiger partial charge in [-0.3, -0.25) is 4.79 Å². The molecule has 0 radical (unpaired) electrons. The lowest BCUT2D eigenvalue weighted by atomic mass is 10.1. The summed E-state index contributed by atoms with van der Waals surface area (Å²) >= 11 is 0. The van der Waals surface area contributed by atoms with E-state index >= 15 is 0 Å². The standard InChI is InChI=1S/C24H24F3N5O3/c1-16-15-21(29-18-5-9-19(34-2)10-6-18)30-23(28-16)32-13-11-31(12-14-32)22(33)17-3-7-20(8-4-17)35-24(25,26)27/h3-10,15H,11-14H2,1-2H3,(H,28,29,30). The molecule has 0 bridgehead atoms. The first-order valence-electron chi connectivity index (χ1n) is 10.9. The van der Waals surface area contributed by atoms with E-state index in [1.807, 2.05) is 42.2 Å². The molecule has 1 aromatic heterocycles. The Balaban J connectivity index is 1.37.